The largest absolute Gasteiger partial charge is 0.393 e. The maximum atomic E-state index is 9.43. The lowest BCUT2D eigenvalue weighted by Crippen LogP contribution is -2.47. The second-order valence-corrected chi connectivity index (χ2v) is 4.80. The zero-order chi connectivity index (χ0) is 9.97. The number of rotatable bonds is 1. The molecule has 0 radical (unpaired) electrons. The van der Waals surface area contributed by atoms with Crippen LogP contribution in [-0.2, 0) is 0 Å². The summed E-state index contributed by atoms with van der Waals surface area (Å²) in [5, 5.41) is 9.43. The first kappa shape index (κ1) is 10.4. The fourth-order valence-corrected chi connectivity index (χ4v) is 2.61. The van der Waals surface area contributed by atoms with E-state index >= 15 is 0 Å². The van der Waals surface area contributed by atoms with Crippen molar-refractivity contribution >= 4 is 0 Å². The Morgan fingerprint density at radius 2 is 1.50 bits per heavy atom. The monoisotopic (exact) mass is 198 g/mol. The smallest absolute Gasteiger partial charge is 0.0564 e. The number of aliphatic hydroxyl groups is 1. The van der Waals surface area contributed by atoms with Crippen LogP contribution in [0.2, 0.25) is 0 Å². The van der Waals surface area contributed by atoms with E-state index in [0.717, 1.165) is 32.0 Å². The van der Waals surface area contributed by atoms with E-state index in [1.165, 1.54) is 25.9 Å². The van der Waals surface area contributed by atoms with E-state index < -0.39 is 0 Å². The Hall–Kier alpha value is -0.120. The van der Waals surface area contributed by atoms with E-state index in [4.69, 9.17) is 0 Å². The van der Waals surface area contributed by atoms with Gasteiger partial charge >= 0.3 is 0 Å². The Morgan fingerprint density at radius 1 is 0.929 bits per heavy atom. The van der Waals surface area contributed by atoms with Gasteiger partial charge in [0.25, 0.3) is 0 Å². The molecule has 0 aromatic rings. The Kier molecular flexibility index (Phi) is 3.42. The van der Waals surface area contributed by atoms with Crippen LogP contribution in [0.25, 0.3) is 0 Å². The molecule has 1 N–H and O–H groups in total. The molecule has 2 aliphatic heterocycles. The van der Waals surface area contributed by atoms with Crippen molar-refractivity contribution in [2.45, 2.75) is 37.8 Å². The van der Waals surface area contributed by atoms with Crippen LogP contribution in [0.15, 0.2) is 0 Å². The fourth-order valence-electron chi connectivity index (χ4n) is 2.61. The molecule has 3 heteroatoms. The summed E-state index contributed by atoms with van der Waals surface area (Å²) >= 11 is 0. The highest BCUT2D eigenvalue weighted by Crippen LogP contribution is 2.20. The maximum Gasteiger partial charge on any atom is 0.0564 e. The molecule has 0 unspecified atom stereocenters. The van der Waals surface area contributed by atoms with Gasteiger partial charge in [-0.15, -0.1) is 0 Å². The van der Waals surface area contributed by atoms with Gasteiger partial charge in [0.2, 0.25) is 0 Å². The van der Waals surface area contributed by atoms with Crippen molar-refractivity contribution in [1.82, 2.24) is 9.80 Å². The van der Waals surface area contributed by atoms with Crippen LogP contribution in [-0.4, -0.2) is 60.3 Å². The second-order valence-electron chi connectivity index (χ2n) is 4.80. The summed E-state index contributed by atoms with van der Waals surface area (Å²) in [6, 6.07) is 0.790. The van der Waals surface area contributed by atoms with Crippen LogP contribution < -0.4 is 0 Å². The van der Waals surface area contributed by atoms with Gasteiger partial charge in [0.1, 0.15) is 0 Å². The Labute approximate surface area is 86.7 Å². The first-order chi connectivity index (χ1) is 6.75. The molecular formula is C11H22N2O. The molecule has 2 heterocycles. The quantitative estimate of drug-likeness (QED) is 0.666. The highest BCUT2D eigenvalue weighted by Gasteiger charge is 2.26. The minimum Gasteiger partial charge on any atom is -0.393 e. The molecule has 2 rings (SSSR count). The van der Waals surface area contributed by atoms with E-state index in [1.807, 2.05) is 0 Å². The van der Waals surface area contributed by atoms with Gasteiger partial charge < -0.3 is 14.9 Å². The molecule has 0 aromatic heterocycles. The van der Waals surface area contributed by atoms with Crippen molar-refractivity contribution in [2.24, 2.45) is 0 Å². The first-order valence-electron chi connectivity index (χ1n) is 5.86. The summed E-state index contributed by atoms with van der Waals surface area (Å²) in [6.07, 6.45) is 4.55. The average molecular weight is 198 g/mol. The SMILES string of the molecule is CN1CCC(N2CCC(O)CC2)CC1. The van der Waals surface area contributed by atoms with Crippen molar-refractivity contribution in [3.63, 3.8) is 0 Å². The average Bonchev–Trinajstić information content (AvgIpc) is 2.21. The van der Waals surface area contributed by atoms with Crippen molar-refractivity contribution in [1.29, 1.82) is 0 Å². The van der Waals surface area contributed by atoms with Gasteiger partial charge in [-0.25, -0.2) is 0 Å². The number of nitrogens with zero attached hydrogens (tertiary/aromatic N) is 2. The minimum atomic E-state index is -0.0301. The van der Waals surface area contributed by atoms with E-state index in [1.54, 1.807) is 0 Å². The first-order valence-corrected chi connectivity index (χ1v) is 5.86. The molecule has 3 nitrogen and oxygen atoms in total. The molecule has 14 heavy (non-hydrogen) atoms. The predicted molar refractivity (Wildman–Crippen MR) is 57.3 cm³/mol. The molecule has 2 aliphatic rings. The van der Waals surface area contributed by atoms with Gasteiger partial charge in [0.15, 0.2) is 0 Å². The molecular weight excluding hydrogens is 176 g/mol. The molecule has 0 aliphatic carbocycles. The molecule has 2 saturated heterocycles. The molecule has 2 fully saturated rings. The maximum absolute atomic E-state index is 9.43. The third kappa shape index (κ3) is 2.47. The summed E-state index contributed by atoms with van der Waals surface area (Å²) in [5.41, 5.74) is 0. The Morgan fingerprint density at radius 3 is 2.07 bits per heavy atom. The van der Waals surface area contributed by atoms with Crippen molar-refractivity contribution in [3.05, 3.63) is 0 Å². The predicted octanol–water partition coefficient (Wildman–Crippen LogP) is 0.537. The normalized spacial score (nSPS) is 29.6. The second kappa shape index (κ2) is 4.60. The van der Waals surface area contributed by atoms with E-state index in [-0.39, 0.29) is 6.10 Å². The number of hydrogen-bond donors (Lipinski definition) is 1. The number of piperidine rings is 2. The Balaban J connectivity index is 1.78. The zero-order valence-corrected chi connectivity index (χ0v) is 9.15. The summed E-state index contributed by atoms with van der Waals surface area (Å²) in [5.74, 6) is 0. The van der Waals surface area contributed by atoms with Crippen LogP contribution in [0.4, 0.5) is 0 Å². The number of aliphatic hydroxyl groups excluding tert-OH is 1. The molecule has 0 saturated carbocycles. The van der Waals surface area contributed by atoms with E-state index in [0.29, 0.717) is 0 Å². The van der Waals surface area contributed by atoms with E-state index in [9.17, 15) is 5.11 Å². The Bertz CT molecular complexity index is 150. The molecule has 0 amide bonds. The number of likely N-dealkylation sites (tertiary alicyclic amines) is 2. The molecule has 0 aromatic carbocycles. The summed E-state index contributed by atoms with van der Waals surface area (Å²) < 4.78 is 0. The zero-order valence-electron chi connectivity index (χ0n) is 9.15. The summed E-state index contributed by atoms with van der Waals surface area (Å²) in [4.78, 5) is 5.00. The van der Waals surface area contributed by atoms with Gasteiger partial charge in [-0.05, 0) is 45.8 Å². The lowest BCUT2D eigenvalue weighted by Gasteiger charge is -2.40. The van der Waals surface area contributed by atoms with Crippen LogP contribution in [0.1, 0.15) is 25.7 Å². The molecule has 0 bridgehead atoms. The molecule has 82 valence electrons. The van der Waals surface area contributed by atoms with Crippen LogP contribution in [0.3, 0.4) is 0 Å². The van der Waals surface area contributed by atoms with E-state index in [2.05, 4.69) is 16.8 Å². The van der Waals surface area contributed by atoms with Gasteiger partial charge in [0, 0.05) is 19.1 Å². The molecule has 0 atom stereocenters. The van der Waals surface area contributed by atoms with Crippen LogP contribution >= 0.6 is 0 Å². The number of hydrogen-bond acceptors (Lipinski definition) is 3. The third-order valence-corrected chi connectivity index (χ3v) is 3.70. The minimum absolute atomic E-state index is 0.0301. The van der Waals surface area contributed by atoms with Gasteiger partial charge in [0.05, 0.1) is 6.10 Å². The van der Waals surface area contributed by atoms with Gasteiger partial charge in [-0.3, -0.25) is 0 Å². The van der Waals surface area contributed by atoms with Crippen LogP contribution in [0, 0.1) is 0 Å². The van der Waals surface area contributed by atoms with Crippen molar-refractivity contribution < 1.29 is 5.11 Å². The van der Waals surface area contributed by atoms with Gasteiger partial charge in [-0.1, -0.05) is 0 Å². The van der Waals surface area contributed by atoms with Gasteiger partial charge in [-0.2, -0.15) is 0 Å². The summed E-state index contributed by atoms with van der Waals surface area (Å²) in [6.45, 7) is 4.69. The molecule has 0 spiro atoms. The topological polar surface area (TPSA) is 26.7 Å². The van der Waals surface area contributed by atoms with Crippen molar-refractivity contribution in [2.75, 3.05) is 33.2 Å². The highest BCUT2D eigenvalue weighted by molar-refractivity contribution is 4.82. The van der Waals surface area contributed by atoms with Crippen LogP contribution in [0.5, 0.6) is 0 Å². The summed E-state index contributed by atoms with van der Waals surface area (Å²) in [7, 11) is 2.20. The lowest BCUT2D eigenvalue weighted by molar-refractivity contribution is 0.0419. The standard InChI is InChI=1S/C11H22N2O/c1-12-6-2-10(3-7-12)13-8-4-11(14)5-9-13/h10-11,14H,2-9H2,1H3. The third-order valence-electron chi connectivity index (χ3n) is 3.70. The lowest BCUT2D eigenvalue weighted by atomic mass is 9.99. The van der Waals surface area contributed by atoms with Crippen molar-refractivity contribution in [3.8, 4) is 0 Å². The highest BCUT2D eigenvalue weighted by atomic mass is 16.3. The fraction of sp³-hybridized carbons (Fsp3) is 1.00.